The number of hydrogen-bond donors (Lipinski definition) is 3. The first-order chi connectivity index (χ1) is 20.2. The summed E-state index contributed by atoms with van der Waals surface area (Å²) >= 11 is 0. The fraction of sp³-hybridized carbons (Fsp3) is 0.412. The molecule has 3 aromatic rings. The maximum atomic E-state index is 12.9. The Balaban J connectivity index is 1.64. The molecule has 0 heterocycles. The zero-order valence-electron chi connectivity index (χ0n) is 25.9. The lowest BCUT2D eigenvalue weighted by molar-refractivity contribution is -0.142. The minimum Gasteiger partial charge on any atom is -0.507 e. The molecule has 1 unspecified atom stereocenters. The Hall–Kier alpha value is -3.29. The Morgan fingerprint density at radius 1 is 0.767 bits per heavy atom. The highest BCUT2D eigenvalue weighted by atomic mass is 31.2. The number of hydrogen-bond acceptors (Lipinski definition) is 6. The normalized spacial score (nSPS) is 12.7. The fourth-order valence-electron chi connectivity index (χ4n) is 4.33. The minimum atomic E-state index is -1.91. The third-order valence-electron chi connectivity index (χ3n) is 6.77. The molecule has 8 nitrogen and oxygen atoms in total. The summed E-state index contributed by atoms with van der Waals surface area (Å²) in [5.74, 6) is -1.36. The van der Waals surface area contributed by atoms with Crippen LogP contribution in [0.25, 0.3) is 0 Å². The van der Waals surface area contributed by atoms with Crippen LogP contribution in [0.3, 0.4) is 0 Å². The lowest BCUT2D eigenvalue weighted by Crippen LogP contribution is -2.43. The molecular formula is C34H44NO7P. The second kappa shape index (κ2) is 15.4. The van der Waals surface area contributed by atoms with Crippen LogP contribution in [-0.4, -0.2) is 34.7 Å². The molecule has 0 fully saturated rings. The average Bonchev–Trinajstić information content (AvgIpc) is 2.95. The van der Waals surface area contributed by atoms with Gasteiger partial charge < -0.3 is 29.1 Å². The molecule has 0 saturated heterocycles. The van der Waals surface area contributed by atoms with Crippen molar-refractivity contribution >= 4 is 20.5 Å². The van der Waals surface area contributed by atoms with Gasteiger partial charge in [0, 0.05) is 6.42 Å². The second-order valence-electron chi connectivity index (χ2n) is 12.5. The summed E-state index contributed by atoms with van der Waals surface area (Å²) < 4.78 is 17.5. The van der Waals surface area contributed by atoms with Crippen molar-refractivity contribution in [3.63, 3.8) is 0 Å². The first-order valence-corrected chi connectivity index (χ1v) is 15.5. The van der Waals surface area contributed by atoms with E-state index < -0.39 is 26.5 Å². The van der Waals surface area contributed by atoms with E-state index in [1.165, 1.54) is 0 Å². The fourth-order valence-corrected chi connectivity index (χ4v) is 5.33. The van der Waals surface area contributed by atoms with E-state index in [2.05, 4.69) is 5.32 Å². The smallest absolute Gasteiger partial charge is 0.333 e. The van der Waals surface area contributed by atoms with Crippen LogP contribution < -0.4 is 5.32 Å². The zero-order chi connectivity index (χ0) is 31.6. The number of amides is 1. The standard InChI is InChI=1S/C34H44NO7P/c1-33(2,3)27-19-26(20-28(31(27)37)34(4,5)6)17-18-30(36)35-29(32(38)39)23-42-43(40-21-24-13-9-7-10-14-24)41-22-25-15-11-8-12-16-25/h7-16,19-20,29,37H,17-18,21-23H2,1-6H3,(H,35,36)(H,38,39). The van der Waals surface area contributed by atoms with Crippen molar-refractivity contribution in [1.82, 2.24) is 5.32 Å². The Morgan fingerprint density at radius 2 is 1.23 bits per heavy atom. The molecule has 0 bridgehead atoms. The van der Waals surface area contributed by atoms with Gasteiger partial charge in [0.1, 0.15) is 5.75 Å². The molecule has 0 spiro atoms. The highest BCUT2D eigenvalue weighted by Gasteiger charge is 2.27. The van der Waals surface area contributed by atoms with E-state index in [-0.39, 0.29) is 42.8 Å². The SMILES string of the molecule is CC(C)(C)c1cc(CCC(=O)NC(COP(OCc2ccccc2)OCc2ccccc2)C(=O)O)cc(C(C)(C)C)c1O. The first kappa shape index (κ1) is 34.2. The number of carbonyl (C=O) groups is 2. The van der Waals surface area contributed by atoms with Crippen LogP contribution in [0.15, 0.2) is 72.8 Å². The molecule has 1 amide bonds. The maximum Gasteiger partial charge on any atom is 0.333 e. The molecule has 3 N–H and O–H groups in total. The van der Waals surface area contributed by atoms with E-state index in [4.69, 9.17) is 13.6 Å². The van der Waals surface area contributed by atoms with Crippen LogP contribution in [0, 0.1) is 0 Å². The van der Waals surface area contributed by atoms with Gasteiger partial charge in [0.05, 0.1) is 19.8 Å². The molecule has 43 heavy (non-hydrogen) atoms. The van der Waals surface area contributed by atoms with Crippen molar-refractivity contribution in [3.8, 4) is 5.75 Å². The number of phenolic OH excluding ortho intramolecular Hbond substituents is 1. The number of phenols is 1. The Kier molecular flexibility index (Phi) is 12.3. The predicted molar refractivity (Wildman–Crippen MR) is 169 cm³/mol. The van der Waals surface area contributed by atoms with Gasteiger partial charge in [-0.1, -0.05) is 114 Å². The molecule has 0 radical (unpaired) electrons. The van der Waals surface area contributed by atoms with Crippen LogP contribution in [0.4, 0.5) is 0 Å². The molecule has 9 heteroatoms. The summed E-state index contributed by atoms with van der Waals surface area (Å²) in [5, 5.41) is 23.4. The van der Waals surface area contributed by atoms with E-state index >= 15 is 0 Å². The van der Waals surface area contributed by atoms with Crippen molar-refractivity contribution in [3.05, 3.63) is 101 Å². The molecule has 0 aliphatic heterocycles. The molecule has 0 aliphatic carbocycles. The summed E-state index contributed by atoms with van der Waals surface area (Å²) in [6.07, 6.45) is 0.462. The molecule has 1 atom stereocenters. The quantitative estimate of drug-likeness (QED) is 0.166. The Labute approximate surface area is 256 Å². The van der Waals surface area contributed by atoms with Crippen LogP contribution >= 0.6 is 8.60 Å². The lowest BCUT2D eigenvalue weighted by Gasteiger charge is -2.28. The first-order valence-electron chi connectivity index (χ1n) is 14.4. The van der Waals surface area contributed by atoms with Gasteiger partial charge in [-0.2, -0.15) is 0 Å². The van der Waals surface area contributed by atoms with Crippen molar-refractivity contribution in [2.24, 2.45) is 0 Å². The number of carboxylic acid groups (broad SMARTS) is 1. The van der Waals surface area contributed by atoms with Crippen LogP contribution in [0.2, 0.25) is 0 Å². The molecule has 232 valence electrons. The molecular weight excluding hydrogens is 565 g/mol. The zero-order valence-corrected chi connectivity index (χ0v) is 26.8. The summed E-state index contributed by atoms with van der Waals surface area (Å²) in [4.78, 5) is 24.9. The number of rotatable bonds is 14. The van der Waals surface area contributed by atoms with Crippen molar-refractivity contribution in [2.75, 3.05) is 6.61 Å². The van der Waals surface area contributed by atoms with Gasteiger partial charge in [0.25, 0.3) is 0 Å². The second-order valence-corrected chi connectivity index (χ2v) is 13.8. The largest absolute Gasteiger partial charge is 0.507 e. The monoisotopic (exact) mass is 609 g/mol. The van der Waals surface area contributed by atoms with Gasteiger partial charge in [-0.15, -0.1) is 0 Å². The number of nitrogens with one attached hydrogen (secondary N) is 1. The minimum absolute atomic E-state index is 0.0749. The third kappa shape index (κ3) is 11.0. The summed E-state index contributed by atoms with van der Waals surface area (Å²) in [6, 6.07) is 21.6. The number of benzene rings is 3. The summed E-state index contributed by atoms with van der Waals surface area (Å²) in [6.45, 7) is 12.3. The van der Waals surface area contributed by atoms with E-state index in [0.29, 0.717) is 6.42 Å². The van der Waals surface area contributed by atoms with Gasteiger partial charge in [0.15, 0.2) is 6.04 Å². The summed E-state index contributed by atoms with van der Waals surface area (Å²) in [7, 11) is -1.91. The molecule has 0 saturated carbocycles. The lowest BCUT2D eigenvalue weighted by atomic mass is 9.78. The van der Waals surface area contributed by atoms with Crippen molar-refractivity contribution < 1.29 is 33.4 Å². The molecule has 0 aliphatic rings. The van der Waals surface area contributed by atoms with Gasteiger partial charge in [-0.3, -0.25) is 4.79 Å². The molecule has 0 aromatic heterocycles. The van der Waals surface area contributed by atoms with Crippen molar-refractivity contribution in [1.29, 1.82) is 0 Å². The van der Waals surface area contributed by atoms with Crippen molar-refractivity contribution in [2.45, 2.75) is 84.5 Å². The van der Waals surface area contributed by atoms with Gasteiger partial charge in [-0.05, 0) is 45.1 Å². The number of carboxylic acids is 1. The number of aromatic hydroxyl groups is 1. The van der Waals surface area contributed by atoms with E-state index in [0.717, 1.165) is 27.8 Å². The Bertz CT molecular complexity index is 1260. The van der Waals surface area contributed by atoms with E-state index in [9.17, 15) is 19.8 Å². The highest BCUT2D eigenvalue weighted by Crippen LogP contribution is 2.42. The number of carbonyl (C=O) groups excluding carboxylic acids is 1. The summed E-state index contributed by atoms with van der Waals surface area (Å²) in [5.41, 5.74) is 3.78. The molecule has 3 aromatic carbocycles. The highest BCUT2D eigenvalue weighted by molar-refractivity contribution is 7.41. The topological polar surface area (TPSA) is 114 Å². The van der Waals surface area contributed by atoms with Gasteiger partial charge in [0.2, 0.25) is 5.91 Å². The van der Waals surface area contributed by atoms with Crippen LogP contribution in [0.5, 0.6) is 5.75 Å². The number of aliphatic carboxylic acids is 1. The average molecular weight is 610 g/mol. The van der Waals surface area contributed by atoms with E-state index in [1.54, 1.807) is 0 Å². The van der Waals surface area contributed by atoms with Gasteiger partial charge in [-0.25, -0.2) is 4.79 Å². The van der Waals surface area contributed by atoms with Crippen LogP contribution in [0.1, 0.15) is 75.8 Å². The Morgan fingerprint density at radius 3 is 1.65 bits per heavy atom. The van der Waals surface area contributed by atoms with Gasteiger partial charge >= 0.3 is 14.6 Å². The molecule has 3 rings (SSSR count). The van der Waals surface area contributed by atoms with Crippen LogP contribution in [-0.2, 0) is 53.6 Å². The third-order valence-corrected chi connectivity index (χ3v) is 7.81. The van der Waals surface area contributed by atoms with E-state index in [1.807, 2.05) is 114 Å². The number of aryl methyl sites for hydroxylation is 1. The predicted octanol–water partition coefficient (Wildman–Crippen LogP) is 7.17. The maximum absolute atomic E-state index is 12.9.